The van der Waals surface area contributed by atoms with Crippen LogP contribution in [0.1, 0.15) is 31.2 Å². The van der Waals surface area contributed by atoms with Crippen LogP contribution < -0.4 is 4.74 Å². The predicted octanol–water partition coefficient (Wildman–Crippen LogP) is 2.12. The van der Waals surface area contributed by atoms with E-state index in [1.165, 1.54) is 0 Å². The minimum atomic E-state index is -0.812. The molecule has 1 aromatic carbocycles. The molecule has 1 aromatic rings. The quantitative estimate of drug-likeness (QED) is 0.902. The molecule has 114 valence electrons. The van der Waals surface area contributed by atoms with Gasteiger partial charge in [-0.2, -0.15) is 0 Å². The van der Waals surface area contributed by atoms with Crippen LogP contribution in [-0.4, -0.2) is 42.1 Å². The van der Waals surface area contributed by atoms with Gasteiger partial charge in [-0.05, 0) is 30.0 Å². The van der Waals surface area contributed by atoms with E-state index in [9.17, 15) is 9.59 Å². The fourth-order valence-electron chi connectivity index (χ4n) is 2.63. The van der Waals surface area contributed by atoms with Gasteiger partial charge in [-0.1, -0.05) is 19.1 Å². The summed E-state index contributed by atoms with van der Waals surface area (Å²) < 4.78 is 5.11. The van der Waals surface area contributed by atoms with Crippen molar-refractivity contribution in [2.75, 3.05) is 20.2 Å². The maximum absolute atomic E-state index is 12.2. The van der Waals surface area contributed by atoms with E-state index in [2.05, 4.69) is 0 Å². The van der Waals surface area contributed by atoms with Crippen molar-refractivity contribution in [3.8, 4) is 5.75 Å². The molecule has 21 heavy (non-hydrogen) atoms. The van der Waals surface area contributed by atoms with Gasteiger partial charge < -0.3 is 14.7 Å². The van der Waals surface area contributed by atoms with E-state index in [4.69, 9.17) is 9.84 Å². The first-order valence-corrected chi connectivity index (χ1v) is 7.15. The molecule has 1 N–H and O–H groups in total. The number of methoxy groups -OCH3 is 1. The van der Waals surface area contributed by atoms with Gasteiger partial charge >= 0.3 is 5.97 Å². The lowest BCUT2D eigenvalue weighted by atomic mass is 9.97. The van der Waals surface area contributed by atoms with Gasteiger partial charge in [0.1, 0.15) is 5.75 Å². The first-order chi connectivity index (χ1) is 10.0. The molecule has 2 atom stereocenters. The van der Waals surface area contributed by atoms with Crippen LogP contribution in [0.2, 0.25) is 0 Å². The monoisotopic (exact) mass is 291 g/mol. The minimum absolute atomic E-state index is 0.0297. The lowest BCUT2D eigenvalue weighted by Crippen LogP contribution is -2.30. The summed E-state index contributed by atoms with van der Waals surface area (Å²) in [6.45, 7) is 2.89. The Kier molecular flexibility index (Phi) is 4.83. The number of ether oxygens (including phenoxy) is 1. The Morgan fingerprint density at radius 2 is 2.05 bits per heavy atom. The van der Waals surface area contributed by atoms with Gasteiger partial charge in [0.15, 0.2) is 0 Å². The van der Waals surface area contributed by atoms with Crippen LogP contribution in [0.4, 0.5) is 0 Å². The van der Waals surface area contributed by atoms with Crippen molar-refractivity contribution in [3.63, 3.8) is 0 Å². The fraction of sp³-hybridized carbons (Fsp3) is 0.500. The summed E-state index contributed by atoms with van der Waals surface area (Å²) in [7, 11) is 1.62. The van der Waals surface area contributed by atoms with Crippen molar-refractivity contribution in [1.29, 1.82) is 0 Å². The number of likely N-dealkylation sites (tertiary alicyclic amines) is 1. The van der Waals surface area contributed by atoms with Crippen LogP contribution >= 0.6 is 0 Å². The fourth-order valence-corrected chi connectivity index (χ4v) is 2.63. The number of amides is 1. The van der Waals surface area contributed by atoms with Crippen LogP contribution in [0.25, 0.3) is 0 Å². The van der Waals surface area contributed by atoms with E-state index >= 15 is 0 Å². The van der Waals surface area contributed by atoms with Crippen molar-refractivity contribution in [2.45, 2.75) is 25.7 Å². The molecular formula is C16H21NO4. The summed E-state index contributed by atoms with van der Waals surface area (Å²) in [5.74, 6) is -0.297. The third kappa shape index (κ3) is 3.74. The van der Waals surface area contributed by atoms with Crippen LogP contribution in [-0.2, 0) is 9.59 Å². The molecule has 0 radical (unpaired) electrons. The molecule has 1 fully saturated rings. The summed E-state index contributed by atoms with van der Waals surface area (Å²) in [5, 5.41) is 8.97. The number of carboxylic acids is 1. The molecule has 1 aliphatic rings. The van der Waals surface area contributed by atoms with Gasteiger partial charge in [0.2, 0.25) is 5.91 Å². The van der Waals surface area contributed by atoms with Crippen molar-refractivity contribution < 1.29 is 19.4 Å². The standard InChI is InChI=1S/C16H21NO4/c1-11(12-3-5-14(21-2)6-4-12)9-15(18)17-8-7-13(10-17)16(19)20/h3-6,11,13H,7-10H2,1-2H3,(H,19,20)/t11-,13-/m1/s1. The molecule has 0 spiro atoms. The SMILES string of the molecule is COc1ccc([C@H](C)CC(=O)N2CC[C@@H](C(=O)O)C2)cc1. The van der Waals surface area contributed by atoms with Crippen molar-refractivity contribution >= 4 is 11.9 Å². The number of nitrogens with zero attached hydrogens (tertiary/aromatic N) is 1. The van der Waals surface area contributed by atoms with Crippen LogP contribution in [0, 0.1) is 5.92 Å². The topological polar surface area (TPSA) is 66.8 Å². The smallest absolute Gasteiger partial charge is 0.308 e. The summed E-state index contributed by atoms with van der Waals surface area (Å²) in [5.41, 5.74) is 1.08. The predicted molar refractivity (Wildman–Crippen MR) is 78.3 cm³/mol. The number of hydrogen-bond acceptors (Lipinski definition) is 3. The number of hydrogen-bond donors (Lipinski definition) is 1. The van der Waals surface area contributed by atoms with E-state index in [0.29, 0.717) is 25.9 Å². The molecule has 5 heteroatoms. The average molecular weight is 291 g/mol. The molecule has 1 amide bonds. The molecule has 0 saturated carbocycles. The highest BCUT2D eigenvalue weighted by molar-refractivity contribution is 5.79. The summed E-state index contributed by atoms with van der Waals surface area (Å²) in [6, 6.07) is 7.68. The van der Waals surface area contributed by atoms with Gasteiger partial charge in [0, 0.05) is 19.5 Å². The Bertz CT molecular complexity index is 512. The van der Waals surface area contributed by atoms with Crippen LogP contribution in [0.3, 0.4) is 0 Å². The maximum atomic E-state index is 12.2. The summed E-state index contributed by atoms with van der Waals surface area (Å²) in [4.78, 5) is 24.8. The first kappa shape index (κ1) is 15.4. The number of carboxylic acid groups (broad SMARTS) is 1. The van der Waals surface area contributed by atoms with Crippen molar-refractivity contribution in [1.82, 2.24) is 4.90 Å². The highest BCUT2D eigenvalue weighted by atomic mass is 16.5. The molecule has 1 heterocycles. The van der Waals surface area contributed by atoms with Gasteiger partial charge in [0.25, 0.3) is 0 Å². The Morgan fingerprint density at radius 1 is 1.38 bits per heavy atom. The highest BCUT2D eigenvalue weighted by Gasteiger charge is 2.31. The summed E-state index contributed by atoms with van der Waals surface area (Å²) in [6.07, 6.45) is 0.955. The van der Waals surface area contributed by atoms with E-state index < -0.39 is 11.9 Å². The second-order valence-corrected chi connectivity index (χ2v) is 5.54. The zero-order valence-corrected chi connectivity index (χ0v) is 12.4. The Labute approximate surface area is 124 Å². The molecule has 1 aliphatic heterocycles. The van der Waals surface area contributed by atoms with Gasteiger partial charge in [0.05, 0.1) is 13.0 Å². The highest BCUT2D eigenvalue weighted by Crippen LogP contribution is 2.24. The van der Waals surface area contributed by atoms with Crippen LogP contribution in [0.5, 0.6) is 5.75 Å². The Balaban J connectivity index is 1.91. The second kappa shape index (κ2) is 6.61. The number of carbonyl (C=O) groups is 2. The maximum Gasteiger partial charge on any atom is 0.308 e. The van der Waals surface area contributed by atoms with Gasteiger partial charge in [-0.15, -0.1) is 0 Å². The average Bonchev–Trinajstić information content (AvgIpc) is 2.97. The normalized spacial score (nSPS) is 19.3. The molecule has 0 unspecified atom stereocenters. The molecule has 0 aliphatic carbocycles. The van der Waals surface area contributed by atoms with Crippen molar-refractivity contribution in [2.24, 2.45) is 5.92 Å². The van der Waals surface area contributed by atoms with Gasteiger partial charge in [-0.3, -0.25) is 9.59 Å². The minimum Gasteiger partial charge on any atom is -0.497 e. The number of rotatable bonds is 5. The number of carbonyl (C=O) groups excluding carboxylic acids is 1. The van der Waals surface area contributed by atoms with E-state index in [1.807, 2.05) is 31.2 Å². The third-order valence-electron chi connectivity index (χ3n) is 4.06. The lowest BCUT2D eigenvalue weighted by molar-refractivity contribution is -0.141. The number of aliphatic carboxylic acids is 1. The van der Waals surface area contributed by atoms with Crippen molar-refractivity contribution in [3.05, 3.63) is 29.8 Å². The largest absolute Gasteiger partial charge is 0.497 e. The zero-order valence-electron chi connectivity index (χ0n) is 12.4. The molecule has 0 aromatic heterocycles. The van der Waals surface area contributed by atoms with E-state index in [-0.39, 0.29) is 11.8 Å². The van der Waals surface area contributed by atoms with E-state index in [1.54, 1.807) is 12.0 Å². The van der Waals surface area contributed by atoms with Crippen LogP contribution in [0.15, 0.2) is 24.3 Å². The lowest BCUT2D eigenvalue weighted by Gasteiger charge is -2.19. The Morgan fingerprint density at radius 3 is 2.57 bits per heavy atom. The Hall–Kier alpha value is -2.04. The third-order valence-corrected chi connectivity index (χ3v) is 4.06. The molecule has 0 bridgehead atoms. The molecule has 2 rings (SSSR count). The second-order valence-electron chi connectivity index (χ2n) is 5.54. The first-order valence-electron chi connectivity index (χ1n) is 7.15. The summed E-state index contributed by atoms with van der Waals surface area (Å²) >= 11 is 0. The molecular weight excluding hydrogens is 270 g/mol. The molecule has 1 saturated heterocycles. The van der Waals surface area contributed by atoms with E-state index in [0.717, 1.165) is 11.3 Å². The number of benzene rings is 1. The zero-order chi connectivity index (χ0) is 15.4. The molecule has 5 nitrogen and oxygen atoms in total. The van der Waals surface area contributed by atoms with Gasteiger partial charge in [-0.25, -0.2) is 0 Å².